The summed E-state index contributed by atoms with van der Waals surface area (Å²) in [6.07, 6.45) is 0. The third kappa shape index (κ3) is 1.45. The molecule has 1 saturated heterocycles. The average molecular weight is 251 g/mol. The molecule has 4 rings (SSSR count). The fraction of sp³-hybridized carbons (Fsp3) is 0.188. The first-order valence-electron chi connectivity index (χ1n) is 6.41. The average Bonchev–Trinajstić information content (AvgIpc) is 3.23. The van der Waals surface area contributed by atoms with Crippen LogP contribution >= 0.6 is 0 Å². The fourth-order valence-electron chi connectivity index (χ4n) is 2.77. The van der Waals surface area contributed by atoms with Gasteiger partial charge in [0.15, 0.2) is 5.60 Å². The van der Waals surface area contributed by atoms with Gasteiger partial charge in [-0.1, -0.05) is 48.5 Å². The summed E-state index contributed by atoms with van der Waals surface area (Å²) in [7, 11) is 0. The van der Waals surface area contributed by atoms with Gasteiger partial charge in [-0.3, -0.25) is 4.79 Å². The van der Waals surface area contributed by atoms with E-state index in [9.17, 15) is 4.79 Å². The van der Waals surface area contributed by atoms with Gasteiger partial charge in [-0.05, 0) is 11.6 Å². The molecule has 1 spiro atoms. The SMILES string of the molecule is O=C1N(Cc2ccccc2)c2ccccc2[C@]12CO2. The van der Waals surface area contributed by atoms with Crippen LogP contribution in [-0.2, 0) is 21.7 Å². The second-order valence-corrected chi connectivity index (χ2v) is 5.01. The highest BCUT2D eigenvalue weighted by molar-refractivity contribution is 6.08. The first kappa shape index (κ1) is 10.8. The van der Waals surface area contributed by atoms with E-state index in [4.69, 9.17) is 4.74 Å². The van der Waals surface area contributed by atoms with Crippen LogP contribution in [0.15, 0.2) is 54.6 Å². The second kappa shape index (κ2) is 3.68. The summed E-state index contributed by atoms with van der Waals surface area (Å²) in [4.78, 5) is 14.4. The highest BCUT2D eigenvalue weighted by atomic mass is 16.6. The maximum atomic E-state index is 12.6. The number of para-hydroxylation sites is 1. The van der Waals surface area contributed by atoms with Crippen LogP contribution in [0, 0.1) is 0 Å². The van der Waals surface area contributed by atoms with E-state index in [1.54, 1.807) is 0 Å². The summed E-state index contributed by atoms with van der Waals surface area (Å²) in [5, 5.41) is 0. The van der Waals surface area contributed by atoms with E-state index in [1.165, 1.54) is 0 Å². The minimum Gasteiger partial charge on any atom is -0.354 e. The number of hydrogen-bond acceptors (Lipinski definition) is 2. The summed E-state index contributed by atoms with van der Waals surface area (Å²) in [5.74, 6) is 0.0672. The summed E-state index contributed by atoms with van der Waals surface area (Å²) >= 11 is 0. The minimum atomic E-state index is -0.675. The molecule has 3 heteroatoms. The molecule has 2 heterocycles. The number of anilines is 1. The zero-order valence-corrected chi connectivity index (χ0v) is 10.4. The molecule has 2 aromatic carbocycles. The highest BCUT2D eigenvalue weighted by Gasteiger charge is 2.61. The molecule has 0 unspecified atom stereocenters. The number of rotatable bonds is 2. The molecule has 94 valence electrons. The first-order chi connectivity index (χ1) is 9.31. The largest absolute Gasteiger partial charge is 0.354 e. The smallest absolute Gasteiger partial charge is 0.266 e. The molecule has 0 aliphatic carbocycles. The van der Waals surface area contributed by atoms with Crippen LogP contribution in [0.3, 0.4) is 0 Å². The zero-order chi connectivity index (χ0) is 12.9. The van der Waals surface area contributed by atoms with E-state index >= 15 is 0 Å². The Morgan fingerprint density at radius 2 is 1.74 bits per heavy atom. The van der Waals surface area contributed by atoms with E-state index < -0.39 is 5.60 Å². The van der Waals surface area contributed by atoms with E-state index in [1.807, 2.05) is 59.5 Å². The summed E-state index contributed by atoms with van der Waals surface area (Å²) in [6, 6.07) is 17.9. The number of amides is 1. The molecule has 1 fully saturated rings. The van der Waals surface area contributed by atoms with Gasteiger partial charge in [0.1, 0.15) is 0 Å². The predicted molar refractivity (Wildman–Crippen MR) is 71.7 cm³/mol. The van der Waals surface area contributed by atoms with E-state index in [0.717, 1.165) is 16.8 Å². The van der Waals surface area contributed by atoms with Crippen molar-refractivity contribution in [2.75, 3.05) is 11.5 Å². The Morgan fingerprint density at radius 3 is 2.47 bits per heavy atom. The molecular formula is C16H13NO2. The number of fused-ring (bicyclic) bond motifs is 2. The number of ether oxygens (including phenoxy) is 1. The number of epoxide rings is 1. The number of nitrogens with zero attached hydrogens (tertiary/aromatic N) is 1. The quantitative estimate of drug-likeness (QED) is 0.768. The molecular weight excluding hydrogens is 238 g/mol. The van der Waals surface area contributed by atoms with Crippen molar-refractivity contribution in [1.29, 1.82) is 0 Å². The van der Waals surface area contributed by atoms with Crippen molar-refractivity contribution in [3.63, 3.8) is 0 Å². The molecule has 2 aromatic rings. The van der Waals surface area contributed by atoms with Gasteiger partial charge in [0.05, 0.1) is 18.8 Å². The molecule has 0 aromatic heterocycles. The number of carbonyl (C=O) groups excluding carboxylic acids is 1. The number of benzene rings is 2. The number of carbonyl (C=O) groups is 1. The van der Waals surface area contributed by atoms with E-state index in [-0.39, 0.29) is 5.91 Å². The van der Waals surface area contributed by atoms with Gasteiger partial charge in [-0.15, -0.1) is 0 Å². The lowest BCUT2D eigenvalue weighted by Crippen LogP contribution is -2.32. The Bertz CT molecular complexity index is 647. The molecule has 0 radical (unpaired) electrons. The van der Waals surface area contributed by atoms with Crippen molar-refractivity contribution in [3.05, 3.63) is 65.7 Å². The van der Waals surface area contributed by atoms with Crippen molar-refractivity contribution < 1.29 is 9.53 Å². The normalized spacial score (nSPS) is 23.8. The van der Waals surface area contributed by atoms with Gasteiger partial charge >= 0.3 is 0 Å². The fourth-order valence-corrected chi connectivity index (χ4v) is 2.77. The third-order valence-corrected chi connectivity index (χ3v) is 3.84. The molecule has 1 amide bonds. The Balaban J connectivity index is 1.76. The predicted octanol–water partition coefficient (Wildman–Crippen LogP) is 2.46. The molecule has 2 aliphatic heterocycles. The Labute approximate surface area is 111 Å². The third-order valence-electron chi connectivity index (χ3n) is 3.84. The lowest BCUT2D eigenvalue weighted by Gasteiger charge is -2.17. The van der Waals surface area contributed by atoms with Crippen LogP contribution < -0.4 is 4.90 Å². The van der Waals surface area contributed by atoms with Crippen LogP contribution in [0.5, 0.6) is 0 Å². The van der Waals surface area contributed by atoms with Crippen LogP contribution in [0.25, 0.3) is 0 Å². The van der Waals surface area contributed by atoms with Gasteiger partial charge in [0.25, 0.3) is 5.91 Å². The Kier molecular flexibility index (Phi) is 2.09. The van der Waals surface area contributed by atoms with Gasteiger partial charge in [0.2, 0.25) is 0 Å². The van der Waals surface area contributed by atoms with Crippen LogP contribution in [0.2, 0.25) is 0 Å². The molecule has 0 saturated carbocycles. The summed E-state index contributed by atoms with van der Waals surface area (Å²) in [6.45, 7) is 1.11. The van der Waals surface area contributed by atoms with Crippen molar-refractivity contribution in [2.45, 2.75) is 12.1 Å². The standard InChI is InChI=1S/C16H13NO2/c18-15-16(11-19-16)13-8-4-5-9-14(13)17(15)10-12-6-2-1-3-7-12/h1-9H,10-11H2/t16-/m1/s1. The van der Waals surface area contributed by atoms with Crippen LogP contribution in [-0.4, -0.2) is 12.5 Å². The number of hydrogen-bond donors (Lipinski definition) is 0. The van der Waals surface area contributed by atoms with Gasteiger partial charge in [-0.2, -0.15) is 0 Å². The summed E-state index contributed by atoms with van der Waals surface area (Å²) in [5.41, 5.74) is 2.44. The van der Waals surface area contributed by atoms with Crippen molar-refractivity contribution in [1.82, 2.24) is 0 Å². The summed E-state index contributed by atoms with van der Waals surface area (Å²) < 4.78 is 5.47. The molecule has 3 nitrogen and oxygen atoms in total. The second-order valence-electron chi connectivity index (χ2n) is 5.01. The van der Waals surface area contributed by atoms with Gasteiger partial charge in [-0.25, -0.2) is 0 Å². The van der Waals surface area contributed by atoms with Crippen molar-refractivity contribution in [2.24, 2.45) is 0 Å². The minimum absolute atomic E-state index is 0.0672. The molecule has 1 atom stereocenters. The van der Waals surface area contributed by atoms with Gasteiger partial charge < -0.3 is 9.64 Å². The first-order valence-corrected chi connectivity index (χ1v) is 6.41. The van der Waals surface area contributed by atoms with Crippen LogP contribution in [0.1, 0.15) is 11.1 Å². The maximum absolute atomic E-state index is 12.6. The highest BCUT2D eigenvalue weighted by Crippen LogP contribution is 2.50. The van der Waals surface area contributed by atoms with E-state index in [0.29, 0.717) is 13.2 Å². The van der Waals surface area contributed by atoms with Crippen molar-refractivity contribution >= 4 is 11.6 Å². The topological polar surface area (TPSA) is 32.8 Å². The zero-order valence-electron chi connectivity index (χ0n) is 10.4. The Morgan fingerprint density at radius 1 is 1.05 bits per heavy atom. The molecule has 19 heavy (non-hydrogen) atoms. The molecule has 0 N–H and O–H groups in total. The lowest BCUT2D eigenvalue weighted by molar-refractivity contribution is -0.123. The van der Waals surface area contributed by atoms with Gasteiger partial charge in [0, 0.05) is 5.56 Å². The Hall–Kier alpha value is -2.13. The lowest BCUT2D eigenvalue weighted by atomic mass is 10.0. The monoisotopic (exact) mass is 251 g/mol. The van der Waals surface area contributed by atoms with E-state index in [2.05, 4.69) is 0 Å². The molecule has 2 aliphatic rings. The van der Waals surface area contributed by atoms with Crippen LogP contribution in [0.4, 0.5) is 5.69 Å². The maximum Gasteiger partial charge on any atom is 0.266 e. The van der Waals surface area contributed by atoms with Crippen molar-refractivity contribution in [3.8, 4) is 0 Å². The molecule has 0 bridgehead atoms.